The van der Waals surface area contributed by atoms with Gasteiger partial charge in [0, 0.05) is 18.2 Å². The van der Waals surface area contributed by atoms with Crippen molar-refractivity contribution in [1.82, 2.24) is 0 Å². The second-order valence-electron chi connectivity index (χ2n) is 2.31. The molecule has 0 spiro atoms. The molecule has 0 fully saturated rings. The number of hydrogen-bond acceptors (Lipinski definition) is 1. The molecule has 0 saturated heterocycles. The quantitative estimate of drug-likeness (QED) is 0.713. The van der Waals surface area contributed by atoms with Gasteiger partial charge < -0.3 is 4.74 Å². The van der Waals surface area contributed by atoms with Crippen LogP contribution in [0.1, 0.15) is 27.7 Å². The normalized spacial score (nSPS) is 8.76. The second kappa shape index (κ2) is 11.2. The molecule has 100 valence electrons. The number of alkyl halides is 2. The fraction of sp³-hybridized carbons (Fsp3) is 0.500. The molecule has 1 nitrogen and oxygen atoms in total. The highest BCUT2D eigenvalue weighted by molar-refractivity contribution is 5.23. The van der Waals surface area contributed by atoms with Gasteiger partial charge in [0.25, 0.3) is 6.43 Å². The molecule has 1 aromatic rings. The molecule has 0 unspecified atom stereocenters. The summed E-state index contributed by atoms with van der Waals surface area (Å²) in [6.07, 6.45) is -2.66. The third-order valence-corrected chi connectivity index (χ3v) is 1.21. The van der Waals surface area contributed by atoms with Gasteiger partial charge in [-0.2, -0.15) is 0 Å². The summed E-state index contributed by atoms with van der Waals surface area (Å²) in [6, 6.07) is 2.31. The molecule has 0 saturated carbocycles. The Balaban J connectivity index is 0. The topological polar surface area (TPSA) is 9.23 Å². The predicted molar refractivity (Wildman–Crippen MR) is 60.6 cm³/mol. The van der Waals surface area contributed by atoms with Crippen molar-refractivity contribution in [1.29, 1.82) is 0 Å². The van der Waals surface area contributed by atoms with Gasteiger partial charge in [0.15, 0.2) is 0 Å². The average molecular weight is 254 g/mol. The van der Waals surface area contributed by atoms with E-state index < -0.39 is 24.7 Å². The third kappa shape index (κ3) is 9.66. The van der Waals surface area contributed by atoms with Crippen LogP contribution in [0.4, 0.5) is 17.6 Å². The summed E-state index contributed by atoms with van der Waals surface area (Å²) in [6.45, 7) is 7.13. The Morgan fingerprint density at radius 1 is 0.941 bits per heavy atom. The van der Waals surface area contributed by atoms with Crippen molar-refractivity contribution in [3.8, 4) is 5.75 Å². The fourth-order valence-electron chi connectivity index (χ4n) is 0.771. The van der Waals surface area contributed by atoms with Crippen molar-refractivity contribution in [2.24, 2.45) is 0 Å². The lowest BCUT2D eigenvalue weighted by Crippen LogP contribution is -2.07. The molecular weight excluding hydrogens is 236 g/mol. The molecule has 0 atom stereocenters. The number of halogens is 4. The Labute approximate surface area is 99.4 Å². The standard InChI is InChI=1S/C8H6F4O.2C2H6/c9-5-1-6(10)3-7(2-5)13-4-8(11)12;2*1-2/h1-3,8H,4H2;2*1-2H3. The lowest BCUT2D eigenvalue weighted by atomic mass is 10.3. The number of rotatable bonds is 3. The Morgan fingerprint density at radius 2 is 1.35 bits per heavy atom. The average Bonchev–Trinajstić information content (AvgIpc) is 2.30. The third-order valence-electron chi connectivity index (χ3n) is 1.21. The fourth-order valence-corrected chi connectivity index (χ4v) is 0.771. The summed E-state index contributed by atoms with van der Waals surface area (Å²) >= 11 is 0. The van der Waals surface area contributed by atoms with Gasteiger partial charge in [-0.25, -0.2) is 17.6 Å². The first kappa shape index (κ1) is 18.1. The van der Waals surface area contributed by atoms with Gasteiger partial charge in [-0.3, -0.25) is 0 Å². The maximum Gasteiger partial charge on any atom is 0.272 e. The second-order valence-corrected chi connectivity index (χ2v) is 2.31. The van der Waals surface area contributed by atoms with Gasteiger partial charge in [0.2, 0.25) is 0 Å². The van der Waals surface area contributed by atoms with E-state index in [-0.39, 0.29) is 5.75 Å². The molecule has 0 aliphatic rings. The van der Waals surface area contributed by atoms with E-state index >= 15 is 0 Å². The van der Waals surface area contributed by atoms with Crippen molar-refractivity contribution in [2.75, 3.05) is 6.61 Å². The summed E-state index contributed by atoms with van der Waals surface area (Å²) in [5.41, 5.74) is 0. The molecule has 1 aromatic carbocycles. The van der Waals surface area contributed by atoms with Crippen LogP contribution >= 0.6 is 0 Å². The van der Waals surface area contributed by atoms with Gasteiger partial charge in [-0.1, -0.05) is 27.7 Å². The SMILES string of the molecule is CC.CC.Fc1cc(F)cc(OCC(F)F)c1. The van der Waals surface area contributed by atoms with Crippen LogP contribution in [-0.4, -0.2) is 13.0 Å². The minimum Gasteiger partial charge on any atom is -0.487 e. The van der Waals surface area contributed by atoms with E-state index in [4.69, 9.17) is 0 Å². The zero-order chi connectivity index (χ0) is 13.8. The highest BCUT2D eigenvalue weighted by atomic mass is 19.3. The van der Waals surface area contributed by atoms with E-state index in [9.17, 15) is 17.6 Å². The molecular formula is C12H18F4O. The molecule has 0 aliphatic carbocycles. The van der Waals surface area contributed by atoms with Crippen LogP contribution in [0.5, 0.6) is 5.75 Å². The van der Waals surface area contributed by atoms with Crippen LogP contribution < -0.4 is 4.74 Å². The number of ether oxygens (including phenoxy) is 1. The van der Waals surface area contributed by atoms with Gasteiger partial charge in [-0.15, -0.1) is 0 Å². The predicted octanol–water partition coefficient (Wildman–Crippen LogP) is 4.66. The summed E-state index contributed by atoms with van der Waals surface area (Å²) < 4.78 is 52.5. The monoisotopic (exact) mass is 254 g/mol. The lowest BCUT2D eigenvalue weighted by molar-refractivity contribution is 0.0815. The van der Waals surface area contributed by atoms with Crippen LogP contribution in [0.25, 0.3) is 0 Å². The van der Waals surface area contributed by atoms with E-state index in [1.54, 1.807) is 0 Å². The molecule has 1 rings (SSSR count). The van der Waals surface area contributed by atoms with Crippen LogP contribution in [0.15, 0.2) is 18.2 Å². The molecule has 17 heavy (non-hydrogen) atoms. The van der Waals surface area contributed by atoms with Crippen molar-refractivity contribution in [3.63, 3.8) is 0 Å². The van der Waals surface area contributed by atoms with Gasteiger partial charge >= 0.3 is 0 Å². The summed E-state index contributed by atoms with van der Waals surface area (Å²) in [5, 5.41) is 0. The van der Waals surface area contributed by atoms with Gasteiger partial charge in [0.1, 0.15) is 24.0 Å². The Bertz CT molecular complexity index is 270. The first-order valence-corrected chi connectivity index (χ1v) is 5.45. The first-order chi connectivity index (χ1) is 8.08. The number of benzene rings is 1. The van der Waals surface area contributed by atoms with E-state index in [2.05, 4.69) is 4.74 Å². The molecule has 0 radical (unpaired) electrons. The Hall–Kier alpha value is -1.26. The van der Waals surface area contributed by atoms with E-state index in [1.165, 1.54) is 0 Å². The molecule has 0 heterocycles. The minimum absolute atomic E-state index is 0.238. The van der Waals surface area contributed by atoms with E-state index in [0.717, 1.165) is 12.1 Å². The molecule has 0 N–H and O–H groups in total. The van der Waals surface area contributed by atoms with Crippen molar-refractivity contribution >= 4 is 0 Å². The maximum atomic E-state index is 12.4. The first-order valence-electron chi connectivity index (χ1n) is 5.45. The minimum atomic E-state index is -2.66. The molecule has 5 heteroatoms. The van der Waals surface area contributed by atoms with E-state index in [1.807, 2.05) is 27.7 Å². The molecule has 0 amide bonds. The van der Waals surface area contributed by atoms with Crippen molar-refractivity contribution < 1.29 is 22.3 Å². The lowest BCUT2D eigenvalue weighted by Gasteiger charge is -2.04. The largest absolute Gasteiger partial charge is 0.487 e. The summed E-state index contributed by atoms with van der Waals surface area (Å²) in [5.74, 6) is -1.95. The maximum absolute atomic E-state index is 12.4. The van der Waals surface area contributed by atoms with Crippen LogP contribution in [0.2, 0.25) is 0 Å². The molecule has 0 aliphatic heterocycles. The Morgan fingerprint density at radius 3 is 1.71 bits per heavy atom. The van der Waals surface area contributed by atoms with Crippen molar-refractivity contribution in [2.45, 2.75) is 34.1 Å². The highest BCUT2D eigenvalue weighted by Crippen LogP contribution is 2.15. The van der Waals surface area contributed by atoms with E-state index in [0.29, 0.717) is 6.07 Å². The molecule has 0 bridgehead atoms. The van der Waals surface area contributed by atoms with Crippen LogP contribution in [0, 0.1) is 11.6 Å². The van der Waals surface area contributed by atoms with Gasteiger partial charge in [-0.05, 0) is 0 Å². The van der Waals surface area contributed by atoms with Crippen LogP contribution in [0.3, 0.4) is 0 Å². The smallest absolute Gasteiger partial charge is 0.272 e. The molecule has 0 aromatic heterocycles. The zero-order valence-corrected chi connectivity index (χ0v) is 10.4. The summed E-state index contributed by atoms with van der Waals surface area (Å²) in [7, 11) is 0. The zero-order valence-electron chi connectivity index (χ0n) is 10.4. The Kier molecular flexibility index (Phi) is 12.0. The van der Waals surface area contributed by atoms with Crippen LogP contribution in [-0.2, 0) is 0 Å². The van der Waals surface area contributed by atoms with Gasteiger partial charge in [0.05, 0.1) is 0 Å². The van der Waals surface area contributed by atoms with Crippen molar-refractivity contribution in [3.05, 3.63) is 29.8 Å². The number of hydrogen-bond donors (Lipinski definition) is 0. The summed E-state index contributed by atoms with van der Waals surface area (Å²) in [4.78, 5) is 0. The highest BCUT2D eigenvalue weighted by Gasteiger charge is 2.05.